The number of alkyl halides is 3. The summed E-state index contributed by atoms with van der Waals surface area (Å²) in [4.78, 5) is 13.6. The Morgan fingerprint density at radius 1 is 0.947 bits per heavy atom. The first-order valence-corrected chi connectivity index (χ1v) is 12.4. The maximum atomic E-state index is 13.6. The first-order valence-electron chi connectivity index (χ1n) is 12.4. The number of nitriles is 2. The fraction of sp³-hybridized carbons (Fsp3) is 0.300. The van der Waals surface area contributed by atoms with Crippen LogP contribution in [0.2, 0.25) is 0 Å². The molecule has 1 aliphatic carbocycles. The molecule has 0 aliphatic heterocycles. The summed E-state index contributed by atoms with van der Waals surface area (Å²) in [6, 6.07) is 20.9. The fourth-order valence-electron chi connectivity index (χ4n) is 5.15. The third-order valence-corrected chi connectivity index (χ3v) is 7.18. The molecule has 1 saturated carbocycles. The Bertz CT molecular complexity index is 1400. The van der Waals surface area contributed by atoms with Crippen molar-refractivity contribution in [3.05, 3.63) is 89.0 Å². The Hall–Kier alpha value is -4.14. The van der Waals surface area contributed by atoms with Crippen LogP contribution >= 0.6 is 0 Å². The Balaban J connectivity index is 1.70. The summed E-state index contributed by atoms with van der Waals surface area (Å²) in [5.41, 5.74) is -0.906. The van der Waals surface area contributed by atoms with Gasteiger partial charge < -0.3 is 10.4 Å². The van der Waals surface area contributed by atoms with Gasteiger partial charge in [0.1, 0.15) is 5.60 Å². The minimum atomic E-state index is -4.77. The van der Waals surface area contributed by atoms with Crippen molar-refractivity contribution < 1.29 is 23.1 Å². The molecule has 0 heterocycles. The molecule has 0 bridgehead atoms. The molecule has 2 N–H and O–H groups in total. The van der Waals surface area contributed by atoms with Crippen molar-refractivity contribution in [1.29, 1.82) is 10.5 Å². The minimum absolute atomic E-state index is 0.0396. The summed E-state index contributed by atoms with van der Waals surface area (Å²) < 4.78 is 40.5. The summed E-state index contributed by atoms with van der Waals surface area (Å²) in [5.74, 6) is -1.16. The van der Waals surface area contributed by atoms with E-state index in [-0.39, 0.29) is 18.0 Å². The monoisotopic (exact) mass is 517 g/mol. The van der Waals surface area contributed by atoms with Crippen LogP contribution in [0.3, 0.4) is 0 Å². The number of halogens is 3. The van der Waals surface area contributed by atoms with Crippen LogP contribution in [0.15, 0.2) is 66.7 Å². The summed E-state index contributed by atoms with van der Waals surface area (Å²) in [6.45, 7) is 0. The van der Waals surface area contributed by atoms with E-state index in [4.69, 9.17) is 10.5 Å². The van der Waals surface area contributed by atoms with E-state index in [1.807, 2.05) is 18.2 Å². The predicted octanol–water partition coefficient (Wildman–Crippen LogP) is 6.61. The number of anilines is 1. The van der Waals surface area contributed by atoms with Gasteiger partial charge in [0, 0.05) is 12.1 Å². The smallest absolute Gasteiger partial charge is 0.379 e. The number of rotatable bonds is 6. The van der Waals surface area contributed by atoms with Gasteiger partial charge in [-0.2, -0.15) is 23.7 Å². The van der Waals surface area contributed by atoms with E-state index in [9.17, 15) is 23.1 Å². The molecule has 1 fully saturated rings. The molecule has 8 heteroatoms. The van der Waals surface area contributed by atoms with Crippen molar-refractivity contribution in [3.63, 3.8) is 0 Å². The third kappa shape index (κ3) is 5.72. The highest BCUT2D eigenvalue weighted by Crippen LogP contribution is 2.39. The fourth-order valence-corrected chi connectivity index (χ4v) is 5.15. The van der Waals surface area contributed by atoms with E-state index in [0.717, 1.165) is 42.5 Å². The zero-order valence-corrected chi connectivity index (χ0v) is 20.6. The molecule has 194 valence electrons. The van der Waals surface area contributed by atoms with E-state index in [1.165, 1.54) is 12.1 Å². The Morgan fingerprint density at radius 2 is 1.63 bits per heavy atom. The molecule has 3 aromatic rings. The van der Waals surface area contributed by atoms with Crippen LogP contribution in [-0.2, 0) is 17.4 Å². The summed E-state index contributed by atoms with van der Waals surface area (Å²) >= 11 is 0. The molecule has 1 aliphatic rings. The molecule has 0 radical (unpaired) electrons. The van der Waals surface area contributed by atoms with Gasteiger partial charge in [-0.25, -0.2) is 0 Å². The van der Waals surface area contributed by atoms with Crippen molar-refractivity contribution in [2.45, 2.75) is 50.3 Å². The molecular formula is C30H26F3N3O2. The van der Waals surface area contributed by atoms with Crippen molar-refractivity contribution >= 4 is 11.6 Å². The molecule has 38 heavy (non-hydrogen) atoms. The highest BCUT2D eigenvalue weighted by molar-refractivity contribution is 5.98. The quantitative estimate of drug-likeness (QED) is 0.385. The average molecular weight is 518 g/mol. The highest BCUT2D eigenvalue weighted by atomic mass is 19.4. The van der Waals surface area contributed by atoms with Crippen molar-refractivity contribution in [2.24, 2.45) is 5.92 Å². The van der Waals surface area contributed by atoms with E-state index < -0.39 is 28.8 Å². The zero-order valence-electron chi connectivity index (χ0n) is 20.6. The first-order chi connectivity index (χ1) is 18.2. The van der Waals surface area contributed by atoms with E-state index >= 15 is 0 Å². The maximum absolute atomic E-state index is 13.6. The normalized spacial score (nSPS) is 15.6. The number of nitrogens with zero attached hydrogens (tertiary/aromatic N) is 2. The first kappa shape index (κ1) is 26.9. The lowest BCUT2D eigenvalue weighted by molar-refractivity contribution is -0.142. The van der Waals surface area contributed by atoms with E-state index in [2.05, 4.69) is 11.4 Å². The number of carbonyl (C=O) groups excluding carboxylic acids is 1. The molecule has 5 nitrogen and oxygen atoms in total. The van der Waals surface area contributed by atoms with Crippen LogP contribution in [-0.4, -0.2) is 16.6 Å². The van der Waals surface area contributed by atoms with Crippen LogP contribution in [0.1, 0.15) is 54.4 Å². The van der Waals surface area contributed by atoms with Crippen molar-refractivity contribution in [1.82, 2.24) is 0 Å². The number of benzene rings is 3. The Morgan fingerprint density at radius 3 is 2.26 bits per heavy atom. The van der Waals surface area contributed by atoms with Gasteiger partial charge in [0.2, 0.25) is 0 Å². The second-order valence-electron chi connectivity index (χ2n) is 9.61. The number of hydrogen-bond donors (Lipinski definition) is 2. The lowest BCUT2D eigenvalue weighted by atomic mass is 9.72. The number of nitrogens with one attached hydrogen (secondary N) is 1. The van der Waals surface area contributed by atoms with Gasteiger partial charge in [-0.3, -0.25) is 4.79 Å². The SMILES string of the molecule is N#Cc1ccc(-c2ccccc2CC(O)(C(=O)Nc2ccc(C#N)c(C(F)(F)F)c2)C2CCCCC2)cc1. The van der Waals surface area contributed by atoms with Gasteiger partial charge in [-0.15, -0.1) is 0 Å². The predicted molar refractivity (Wildman–Crippen MR) is 137 cm³/mol. The molecule has 1 amide bonds. The minimum Gasteiger partial charge on any atom is -0.379 e. The van der Waals surface area contributed by atoms with E-state index in [0.29, 0.717) is 24.0 Å². The van der Waals surface area contributed by atoms with Crippen LogP contribution in [0.25, 0.3) is 11.1 Å². The van der Waals surface area contributed by atoms with Crippen LogP contribution < -0.4 is 5.32 Å². The second kappa shape index (κ2) is 11.1. The maximum Gasteiger partial charge on any atom is 0.417 e. The van der Waals surface area contributed by atoms with Gasteiger partial charge >= 0.3 is 6.18 Å². The average Bonchev–Trinajstić information content (AvgIpc) is 2.93. The summed E-state index contributed by atoms with van der Waals surface area (Å²) in [5, 5.41) is 32.7. The van der Waals surface area contributed by atoms with Gasteiger partial charge in [0.15, 0.2) is 0 Å². The Kier molecular flexibility index (Phi) is 7.85. The molecular weight excluding hydrogens is 491 g/mol. The summed E-state index contributed by atoms with van der Waals surface area (Å²) in [6.07, 6.45) is -0.915. The molecule has 0 saturated heterocycles. The number of amides is 1. The lowest BCUT2D eigenvalue weighted by Gasteiger charge is -2.38. The second-order valence-corrected chi connectivity index (χ2v) is 9.61. The highest BCUT2D eigenvalue weighted by Gasteiger charge is 2.45. The molecule has 1 unspecified atom stereocenters. The van der Waals surface area contributed by atoms with Crippen LogP contribution in [0, 0.1) is 28.6 Å². The molecule has 3 aromatic carbocycles. The largest absolute Gasteiger partial charge is 0.417 e. The van der Waals surface area contributed by atoms with Gasteiger partial charge in [0.25, 0.3) is 5.91 Å². The zero-order chi connectivity index (χ0) is 27.3. The van der Waals surface area contributed by atoms with Crippen molar-refractivity contribution in [3.8, 4) is 23.3 Å². The van der Waals surface area contributed by atoms with Gasteiger partial charge in [-0.05, 0) is 65.8 Å². The molecule has 1 atom stereocenters. The topological polar surface area (TPSA) is 96.9 Å². The lowest BCUT2D eigenvalue weighted by Crippen LogP contribution is -2.51. The van der Waals surface area contributed by atoms with Crippen LogP contribution in [0.5, 0.6) is 0 Å². The number of aliphatic hydroxyl groups is 1. The van der Waals surface area contributed by atoms with Gasteiger partial charge in [-0.1, -0.05) is 55.7 Å². The standard InChI is InChI=1S/C30H26F3N3O2/c31-30(32,33)27-16-25(15-14-23(27)19-35)36-28(37)29(38,24-7-2-1-3-8-24)17-22-6-4-5-9-26(22)21-12-10-20(18-34)11-13-21/h4-6,9-16,24,38H,1-3,7-8,17H2,(H,36,37). The summed E-state index contributed by atoms with van der Waals surface area (Å²) in [7, 11) is 0. The number of carbonyl (C=O) groups is 1. The number of hydrogen-bond acceptors (Lipinski definition) is 4. The molecule has 0 aromatic heterocycles. The third-order valence-electron chi connectivity index (χ3n) is 7.18. The Labute approximate surface area is 219 Å². The molecule has 0 spiro atoms. The van der Waals surface area contributed by atoms with Crippen LogP contribution in [0.4, 0.5) is 18.9 Å². The van der Waals surface area contributed by atoms with Crippen molar-refractivity contribution in [2.75, 3.05) is 5.32 Å². The molecule has 4 rings (SSSR count). The van der Waals surface area contributed by atoms with E-state index in [1.54, 1.807) is 30.3 Å². The van der Waals surface area contributed by atoms with Gasteiger partial charge in [0.05, 0.1) is 28.8 Å².